The fourth-order valence-electron chi connectivity index (χ4n) is 4.13. The molecule has 2 aromatic heterocycles. The zero-order valence-electron chi connectivity index (χ0n) is 16.0. The van der Waals surface area contributed by atoms with Crippen LogP contribution in [0, 0.1) is 12.7 Å². The average molecular weight is 382 g/mol. The molecule has 0 spiro atoms. The van der Waals surface area contributed by atoms with Gasteiger partial charge >= 0.3 is 5.69 Å². The summed E-state index contributed by atoms with van der Waals surface area (Å²) in [5.41, 5.74) is 0.889. The molecule has 1 aliphatic rings. The summed E-state index contributed by atoms with van der Waals surface area (Å²) >= 11 is 0. The van der Waals surface area contributed by atoms with Crippen LogP contribution in [0.2, 0.25) is 0 Å². The van der Waals surface area contributed by atoms with Crippen molar-refractivity contribution in [3.8, 4) is 5.69 Å². The van der Waals surface area contributed by atoms with Crippen LogP contribution in [0.3, 0.4) is 0 Å². The summed E-state index contributed by atoms with van der Waals surface area (Å²) in [7, 11) is 1.92. The van der Waals surface area contributed by atoms with Crippen molar-refractivity contribution >= 4 is 11.0 Å². The van der Waals surface area contributed by atoms with Crippen molar-refractivity contribution in [3.63, 3.8) is 0 Å². The van der Waals surface area contributed by atoms with E-state index < -0.39 is 17.1 Å². The molecule has 1 aromatic carbocycles. The Hall–Kier alpha value is -2.80. The number of hydrogen-bond donors (Lipinski definition) is 1. The maximum absolute atomic E-state index is 13.9. The van der Waals surface area contributed by atoms with Gasteiger partial charge in [0, 0.05) is 12.1 Å². The van der Waals surface area contributed by atoms with Gasteiger partial charge in [-0.2, -0.15) is 0 Å². The third-order valence-corrected chi connectivity index (χ3v) is 5.62. The van der Waals surface area contributed by atoms with E-state index in [-0.39, 0.29) is 17.1 Å². The number of hydrogen-bond acceptors (Lipinski definition) is 4. The van der Waals surface area contributed by atoms with Crippen LogP contribution in [-0.4, -0.2) is 27.2 Å². The first-order chi connectivity index (χ1) is 13.5. The lowest BCUT2D eigenvalue weighted by Gasteiger charge is -2.29. The maximum Gasteiger partial charge on any atom is 0.337 e. The van der Waals surface area contributed by atoms with Gasteiger partial charge in [-0.1, -0.05) is 12.1 Å². The number of aryl methyl sites for hydroxylation is 1. The molecule has 0 bridgehead atoms. The van der Waals surface area contributed by atoms with Gasteiger partial charge in [-0.05, 0) is 63.4 Å². The largest absolute Gasteiger partial charge is 0.337 e. The second-order valence-corrected chi connectivity index (χ2v) is 7.45. The first-order valence-electron chi connectivity index (χ1n) is 9.56. The molecule has 2 heterocycles. The van der Waals surface area contributed by atoms with Crippen molar-refractivity contribution < 1.29 is 4.39 Å². The molecular weight excluding hydrogens is 359 g/mol. The van der Waals surface area contributed by atoms with Gasteiger partial charge in [0.1, 0.15) is 5.82 Å². The molecule has 6 nitrogen and oxygen atoms in total. The monoisotopic (exact) mass is 382 g/mol. The summed E-state index contributed by atoms with van der Waals surface area (Å²) in [4.78, 5) is 30.6. The van der Waals surface area contributed by atoms with Gasteiger partial charge in [0.15, 0.2) is 5.65 Å². The van der Waals surface area contributed by atoms with E-state index in [1.54, 1.807) is 6.07 Å². The molecule has 28 heavy (non-hydrogen) atoms. The Labute approximate surface area is 161 Å². The van der Waals surface area contributed by atoms with Crippen molar-refractivity contribution in [1.82, 2.24) is 19.4 Å². The number of pyridine rings is 1. The first kappa shape index (κ1) is 18.6. The Morgan fingerprint density at radius 1 is 1.14 bits per heavy atom. The maximum atomic E-state index is 13.9. The minimum absolute atomic E-state index is 0.122. The van der Waals surface area contributed by atoms with Gasteiger partial charge < -0.3 is 5.32 Å². The lowest BCUT2D eigenvalue weighted by atomic mass is 9.91. The van der Waals surface area contributed by atoms with Crippen molar-refractivity contribution in [1.29, 1.82) is 0 Å². The highest BCUT2D eigenvalue weighted by Crippen LogP contribution is 2.27. The second kappa shape index (κ2) is 7.31. The second-order valence-electron chi connectivity index (χ2n) is 7.45. The van der Waals surface area contributed by atoms with Crippen LogP contribution in [-0.2, 0) is 0 Å². The fourth-order valence-corrected chi connectivity index (χ4v) is 4.13. The summed E-state index contributed by atoms with van der Waals surface area (Å²) in [6.07, 6.45) is 4.26. The normalized spacial score (nSPS) is 19.8. The summed E-state index contributed by atoms with van der Waals surface area (Å²) in [5, 5.41) is 3.38. The smallest absolute Gasteiger partial charge is 0.317 e. The van der Waals surface area contributed by atoms with E-state index in [0.29, 0.717) is 11.7 Å². The number of fused-ring (bicyclic) bond motifs is 1. The summed E-state index contributed by atoms with van der Waals surface area (Å²) < 4.78 is 16.6. The van der Waals surface area contributed by atoms with E-state index in [1.807, 2.05) is 32.2 Å². The summed E-state index contributed by atoms with van der Waals surface area (Å²) in [6, 6.07) is 8.80. The molecule has 1 saturated carbocycles. The third-order valence-electron chi connectivity index (χ3n) is 5.62. The van der Waals surface area contributed by atoms with Crippen LogP contribution in [0.25, 0.3) is 16.7 Å². The van der Waals surface area contributed by atoms with Crippen molar-refractivity contribution in [2.45, 2.75) is 44.7 Å². The van der Waals surface area contributed by atoms with Crippen molar-refractivity contribution in [2.24, 2.45) is 0 Å². The minimum atomic E-state index is -0.593. The highest BCUT2D eigenvalue weighted by atomic mass is 19.1. The molecule has 0 saturated heterocycles. The first-order valence-corrected chi connectivity index (χ1v) is 9.56. The molecule has 146 valence electrons. The van der Waals surface area contributed by atoms with Gasteiger partial charge in [0.2, 0.25) is 0 Å². The molecule has 3 aromatic rings. The number of nitrogens with one attached hydrogen (secondary N) is 1. The van der Waals surface area contributed by atoms with Crippen LogP contribution in [0.4, 0.5) is 4.39 Å². The quantitative estimate of drug-likeness (QED) is 0.756. The molecule has 0 amide bonds. The van der Waals surface area contributed by atoms with Crippen LogP contribution in [0.1, 0.15) is 37.3 Å². The molecule has 1 N–H and O–H groups in total. The lowest BCUT2D eigenvalue weighted by Crippen LogP contribution is -2.44. The third kappa shape index (κ3) is 3.16. The zero-order chi connectivity index (χ0) is 19.8. The Kier molecular flexibility index (Phi) is 4.85. The predicted octanol–water partition coefficient (Wildman–Crippen LogP) is 2.70. The number of halogens is 1. The molecule has 0 radical (unpaired) electrons. The summed E-state index contributed by atoms with van der Waals surface area (Å²) in [6.45, 7) is 1.93. The predicted molar refractivity (Wildman–Crippen MR) is 107 cm³/mol. The number of nitrogens with zero attached hydrogens (tertiary/aromatic N) is 3. The SMILES string of the molecule is CNC1CCC(n2c(=O)c3cc(F)cnc3n(-c3cccc(C)c3)c2=O)CC1. The number of rotatable bonds is 3. The van der Waals surface area contributed by atoms with E-state index in [0.717, 1.165) is 37.4 Å². The Morgan fingerprint density at radius 2 is 1.89 bits per heavy atom. The Balaban J connectivity index is 1.98. The van der Waals surface area contributed by atoms with E-state index >= 15 is 0 Å². The highest BCUT2D eigenvalue weighted by Gasteiger charge is 2.26. The molecule has 4 rings (SSSR count). The molecule has 0 unspecified atom stereocenters. The van der Waals surface area contributed by atoms with Gasteiger partial charge in [0.05, 0.1) is 17.3 Å². The molecule has 1 fully saturated rings. The lowest BCUT2D eigenvalue weighted by molar-refractivity contribution is 0.289. The standard InChI is InChI=1S/C21H23FN4O2/c1-13-4-3-5-17(10-13)25-19-18(11-14(22)12-24-19)20(27)26(21(25)28)16-8-6-15(23-2)7-9-16/h3-5,10-12,15-16,23H,6-9H2,1-2H3. The van der Waals surface area contributed by atoms with E-state index in [4.69, 9.17) is 0 Å². The molecule has 0 aliphatic heterocycles. The van der Waals surface area contributed by atoms with Gasteiger partial charge in [0.25, 0.3) is 5.56 Å². The van der Waals surface area contributed by atoms with Crippen molar-refractivity contribution in [3.05, 3.63) is 68.7 Å². The number of benzene rings is 1. The average Bonchev–Trinajstić information content (AvgIpc) is 2.69. The topological polar surface area (TPSA) is 68.9 Å². The van der Waals surface area contributed by atoms with Gasteiger partial charge in [-0.3, -0.25) is 9.36 Å². The fraction of sp³-hybridized carbons (Fsp3) is 0.381. The van der Waals surface area contributed by atoms with Crippen LogP contribution < -0.4 is 16.6 Å². The Morgan fingerprint density at radius 3 is 2.57 bits per heavy atom. The summed E-state index contributed by atoms with van der Waals surface area (Å²) in [5.74, 6) is -0.593. The van der Waals surface area contributed by atoms with E-state index in [1.165, 1.54) is 15.2 Å². The zero-order valence-corrected chi connectivity index (χ0v) is 16.0. The van der Waals surface area contributed by atoms with E-state index in [2.05, 4.69) is 10.3 Å². The van der Waals surface area contributed by atoms with Crippen LogP contribution in [0.15, 0.2) is 46.1 Å². The van der Waals surface area contributed by atoms with Crippen LogP contribution in [0.5, 0.6) is 0 Å². The number of aromatic nitrogens is 3. The minimum Gasteiger partial charge on any atom is -0.317 e. The molecular formula is C21H23FN4O2. The molecule has 1 aliphatic carbocycles. The van der Waals surface area contributed by atoms with E-state index in [9.17, 15) is 14.0 Å². The van der Waals surface area contributed by atoms with Crippen LogP contribution >= 0.6 is 0 Å². The highest BCUT2D eigenvalue weighted by molar-refractivity contribution is 5.75. The Bertz CT molecular complexity index is 1140. The van der Waals surface area contributed by atoms with Gasteiger partial charge in [-0.25, -0.2) is 18.7 Å². The van der Waals surface area contributed by atoms with Crippen molar-refractivity contribution in [2.75, 3.05) is 7.05 Å². The van der Waals surface area contributed by atoms with Gasteiger partial charge in [-0.15, -0.1) is 0 Å². The molecule has 7 heteroatoms. The molecule has 0 atom stereocenters.